The van der Waals surface area contributed by atoms with Crippen LogP contribution < -0.4 is 5.32 Å². The molecule has 0 radical (unpaired) electrons. The fourth-order valence-electron chi connectivity index (χ4n) is 3.95. The second-order valence-corrected chi connectivity index (χ2v) is 8.27. The molecule has 0 fully saturated rings. The van der Waals surface area contributed by atoms with Gasteiger partial charge in [-0.05, 0) is 47.5 Å². The largest absolute Gasteiger partial charge is 0.436 e. The molecule has 0 atom stereocenters. The molecule has 1 amide bonds. The minimum absolute atomic E-state index is 0.0300. The SMILES string of the molecule is O=C(CC(c1ccccc1)c1ccccc1)Nc1ccc2oc(-c3cccc(Cl)c3)nc2c1. The summed E-state index contributed by atoms with van der Waals surface area (Å²) in [5.74, 6) is 0.396. The number of anilines is 1. The average Bonchev–Trinajstić information content (AvgIpc) is 3.27. The summed E-state index contributed by atoms with van der Waals surface area (Å²) in [4.78, 5) is 17.6. The second kappa shape index (κ2) is 9.31. The Balaban J connectivity index is 1.36. The van der Waals surface area contributed by atoms with E-state index >= 15 is 0 Å². The molecule has 0 bridgehead atoms. The Bertz CT molecular complexity index is 1360. The van der Waals surface area contributed by atoms with Gasteiger partial charge < -0.3 is 9.73 Å². The first-order valence-electron chi connectivity index (χ1n) is 10.7. The number of hydrogen-bond acceptors (Lipinski definition) is 3. The fourth-order valence-corrected chi connectivity index (χ4v) is 4.14. The number of amides is 1. The highest BCUT2D eigenvalue weighted by molar-refractivity contribution is 6.30. The van der Waals surface area contributed by atoms with Crippen molar-refractivity contribution in [2.75, 3.05) is 5.32 Å². The summed E-state index contributed by atoms with van der Waals surface area (Å²) in [6.45, 7) is 0. The van der Waals surface area contributed by atoms with Gasteiger partial charge in [-0.15, -0.1) is 0 Å². The minimum atomic E-state index is -0.0642. The monoisotopic (exact) mass is 452 g/mol. The molecule has 0 saturated carbocycles. The van der Waals surface area contributed by atoms with E-state index in [0.29, 0.717) is 34.1 Å². The Kier molecular flexibility index (Phi) is 5.92. The number of carbonyl (C=O) groups is 1. The van der Waals surface area contributed by atoms with E-state index in [-0.39, 0.29) is 11.8 Å². The minimum Gasteiger partial charge on any atom is -0.436 e. The number of carbonyl (C=O) groups excluding carboxylic acids is 1. The van der Waals surface area contributed by atoms with Gasteiger partial charge in [0.15, 0.2) is 5.58 Å². The third-order valence-electron chi connectivity index (χ3n) is 5.54. The summed E-state index contributed by atoms with van der Waals surface area (Å²) in [7, 11) is 0. The molecule has 5 aromatic rings. The number of benzene rings is 4. The first-order chi connectivity index (χ1) is 16.2. The van der Waals surface area contributed by atoms with E-state index in [0.717, 1.165) is 16.7 Å². The van der Waals surface area contributed by atoms with E-state index in [1.807, 2.05) is 72.8 Å². The molecule has 1 heterocycles. The average molecular weight is 453 g/mol. The summed E-state index contributed by atoms with van der Waals surface area (Å²) >= 11 is 6.09. The molecule has 0 aliphatic heterocycles. The number of aromatic nitrogens is 1. The highest BCUT2D eigenvalue weighted by Gasteiger charge is 2.18. The maximum atomic E-state index is 13.0. The normalized spacial score (nSPS) is 11.1. The summed E-state index contributed by atoms with van der Waals surface area (Å²) in [5, 5.41) is 3.64. The Morgan fingerprint density at radius 1 is 0.848 bits per heavy atom. The molecular weight excluding hydrogens is 432 g/mol. The van der Waals surface area contributed by atoms with E-state index in [1.54, 1.807) is 6.07 Å². The Morgan fingerprint density at radius 3 is 2.21 bits per heavy atom. The molecule has 0 saturated heterocycles. The van der Waals surface area contributed by atoms with Crippen molar-refractivity contribution < 1.29 is 9.21 Å². The van der Waals surface area contributed by atoms with Crippen molar-refractivity contribution in [1.29, 1.82) is 0 Å². The smallest absolute Gasteiger partial charge is 0.227 e. The molecule has 0 aliphatic rings. The van der Waals surface area contributed by atoms with Crippen LogP contribution in [-0.2, 0) is 4.79 Å². The first-order valence-corrected chi connectivity index (χ1v) is 11.1. The van der Waals surface area contributed by atoms with Gasteiger partial charge in [-0.3, -0.25) is 4.79 Å². The lowest BCUT2D eigenvalue weighted by Gasteiger charge is -2.18. The molecule has 5 heteroatoms. The number of oxazole rings is 1. The van der Waals surface area contributed by atoms with Crippen LogP contribution in [0.1, 0.15) is 23.5 Å². The number of hydrogen-bond donors (Lipinski definition) is 1. The Morgan fingerprint density at radius 2 is 1.55 bits per heavy atom. The van der Waals surface area contributed by atoms with Gasteiger partial charge in [0.2, 0.25) is 11.8 Å². The zero-order valence-electron chi connectivity index (χ0n) is 17.7. The van der Waals surface area contributed by atoms with E-state index in [4.69, 9.17) is 16.0 Å². The van der Waals surface area contributed by atoms with Crippen molar-refractivity contribution in [3.05, 3.63) is 119 Å². The van der Waals surface area contributed by atoms with Crippen LogP contribution in [0.25, 0.3) is 22.6 Å². The van der Waals surface area contributed by atoms with Gasteiger partial charge in [0.1, 0.15) is 5.52 Å². The van der Waals surface area contributed by atoms with Crippen LogP contribution in [0, 0.1) is 0 Å². The summed E-state index contributed by atoms with van der Waals surface area (Å²) in [6, 6.07) is 33.0. The van der Waals surface area contributed by atoms with E-state index in [9.17, 15) is 4.79 Å². The van der Waals surface area contributed by atoms with Crippen LogP contribution in [0.3, 0.4) is 0 Å². The third-order valence-corrected chi connectivity index (χ3v) is 5.77. The van der Waals surface area contributed by atoms with Crippen molar-refractivity contribution in [1.82, 2.24) is 4.98 Å². The van der Waals surface area contributed by atoms with E-state index < -0.39 is 0 Å². The fraction of sp³-hybridized carbons (Fsp3) is 0.0714. The van der Waals surface area contributed by atoms with Gasteiger partial charge in [0.25, 0.3) is 0 Å². The standard InChI is InChI=1S/C28H21ClN2O2/c29-22-13-7-12-21(16-22)28-31-25-17-23(14-15-26(25)33-28)30-27(32)18-24(19-8-3-1-4-9-19)20-10-5-2-6-11-20/h1-17,24H,18H2,(H,30,32). The van der Waals surface area contributed by atoms with E-state index in [1.165, 1.54) is 0 Å². The molecule has 4 aromatic carbocycles. The number of nitrogens with zero attached hydrogens (tertiary/aromatic N) is 1. The molecule has 162 valence electrons. The van der Waals surface area contributed by atoms with Crippen LogP contribution >= 0.6 is 11.6 Å². The maximum absolute atomic E-state index is 13.0. The van der Waals surface area contributed by atoms with Gasteiger partial charge in [-0.25, -0.2) is 4.98 Å². The van der Waals surface area contributed by atoms with Gasteiger partial charge >= 0.3 is 0 Å². The van der Waals surface area contributed by atoms with Gasteiger partial charge in [0, 0.05) is 28.6 Å². The van der Waals surface area contributed by atoms with Crippen LogP contribution in [0.4, 0.5) is 5.69 Å². The van der Waals surface area contributed by atoms with Crippen LogP contribution in [0.2, 0.25) is 5.02 Å². The highest BCUT2D eigenvalue weighted by atomic mass is 35.5. The van der Waals surface area contributed by atoms with Crippen LogP contribution in [0.15, 0.2) is 108 Å². The highest BCUT2D eigenvalue weighted by Crippen LogP contribution is 2.30. The van der Waals surface area contributed by atoms with Gasteiger partial charge in [-0.1, -0.05) is 78.3 Å². The molecule has 5 rings (SSSR count). The quantitative estimate of drug-likeness (QED) is 0.294. The number of rotatable bonds is 6. The number of halogens is 1. The van der Waals surface area contributed by atoms with Crippen molar-refractivity contribution >= 4 is 34.3 Å². The summed E-state index contributed by atoms with van der Waals surface area (Å²) < 4.78 is 5.87. The summed E-state index contributed by atoms with van der Waals surface area (Å²) in [5.41, 5.74) is 5.02. The third kappa shape index (κ3) is 4.81. The molecule has 33 heavy (non-hydrogen) atoms. The second-order valence-electron chi connectivity index (χ2n) is 7.84. The van der Waals surface area contributed by atoms with Crippen molar-refractivity contribution in [3.63, 3.8) is 0 Å². The Hall–Kier alpha value is -3.89. The lowest BCUT2D eigenvalue weighted by Crippen LogP contribution is -2.16. The molecule has 0 unspecified atom stereocenters. The molecule has 0 aliphatic carbocycles. The lowest BCUT2D eigenvalue weighted by molar-refractivity contribution is -0.116. The van der Waals surface area contributed by atoms with Crippen molar-refractivity contribution in [3.8, 4) is 11.5 Å². The number of fused-ring (bicyclic) bond motifs is 1. The van der Waals surface area contributed by atoms with Crippen LogP contribution in [0.5, 0.6) is 0 Å². The molecular formula is C28H21ClN2O2. The molecule has 1 N–H and O–H groups in total. The van der Waals surface area contributed by atoms with Gasteiger partial charge in [0.05, 0.1) is 0 Å². The molecule has 1 aromatic heterocycles. The predicted molar refractivity (Wildman–Crippen MR) is 132 cm³/mol. The zero-order valence-corrected chi connectivity index (χ0v) is 18.5. The lowest BCUT2D eigenvalue weighted by atomic mass is 9.88. The first kappa shape index (κ1) is 21.0. The van der Waals surface area contributed by atoms with Crippen molar-refractivity contribution in [2.45, 2.75) is 12.3 Å². The Labute approximate surface area is 196 Å². The maximum Gasteiger partial charge on any atom is 0.227 e. The topological polar surface area (TPSA) is 55.1 Å². The van der Waals surface area contributed by atoms with Crippen molar-refractivity contribution in [2.24, 2.45) is 0 Å². The van der Waals surface area contributed by atoms with Gasteiger partial charge in [-0.2, -0.15) is 0 Å². The zero-order chi connectivity index (χ0) is 22.6. The molecule has 4 nitrogen and oxygen atoms in total. The predicted octanol–water partition coefficient (Wildman–Crippen LogP) is 7.31. The summed E-state index contributed by atoms with van der Waals surface area (Å²) in [6.07, 6.45) is 0.332. The number of nitrogens with one attached hydrogen (secondary N) is 1. The van der Waals surface area contributed by atoms with Crippen LogP contribution in [-0.4, -0.2) is 10.9 Å². The molecule has 0 spiro atoms. The van der Waals surface area contributed by atoms with E-state index in [2.05, 4.69) is 34.6 Å².